The Balaban J connectivity index is 1.10. The van der Waals surface area contributed by atoms with Crippen LogP contribution < -0.4 is 10.6 Å². The number of H-pyrrole nitrogens is 2. The third kappa shape index (κ3) is 9.31. The molecule has 12 heteroatoms. The Hall–Kier alpha value is -4.52. The molecule has 296 valence electrons. The number of hydrogen-bond acceptors (Lipinski definition) is 7. The third-order valence-corrected chi connectivity index (χ3v) is 12.0. The molecule has 0 spiro atoms. The van der Waals surface area contributed by atoms with Gasteiger partial charge in [-0.2, -0.15) is 0 Å². The number of aromatic nitrogens is 4. The lowest BCUT2D eigenvalue weighted by molar-refractivity contribution is -0.136. The fourth-order valence-electron chi connectivity index (χ4n) is 8.81. The highest BCUT2D eigenvalue weighted by Gasteiger charge is 2.38. The van der Waals surface area contributed by atoms with E-state index in [1.54, 1.807) is 7.11 Å². The van der Waals surface area contributed by atoms with E-state index in [2.05, 4.69) is 102 Å². The number of benzene rings is 2. The number of aromatic amines is 2. The lowest BCUT2D eigenvalue weighted by Crippen LogP contribution is -2.50. The van der Waals surface area contributed by atoms with E-state index in [4.69, 9.17) is 14.7 Å². The third-order valence-electron chi connectivity index (χ3n) is 12.0. The molecule has 4 atom stereocenters. The van der Waals surface area contributed by atoms with Gasteiger partial charge in [-0.3, -0.25) is 15.0 Å². The van der Waals surface area contributed by atoms with Crippen molar-refractivity contribution in [1.29, 1.82) is 0 Å². The number of nitrogens with one attached hydrogen (secondary N) is 4. The number of hydrogen-bond donors (Lipinski definition) is 5. The molecule has 4 aromatic rings. The number of nitrogens with zero attached hydrogens (tertiary/aromatic N) is 4. The normalized spacial score (nSPS) is 18.7. The predicted octanol–water partition coefficient (Wildman–Crippen LogP) is 8.00. The molecule has 2 aromatic heterocycles. The molecule has 2 aliphatic heterocycles. The molecule has 12 nitrogen and oxygen atoms in total. The first kappa shape index (κ1) is 40.2. The average Bonchev–Trinajstić information content (AvgIpc) is 4.04. The zero-order valence-corrected chi connectivity index (χ0v) is 33.2. The molecule has 0 unspecified atom stereocenters. The molecule has 0 aliphatic carbocycles. The molecule has 2 fully saturated rings. The smallest absolute Gasteiger partial charge is 0.404 e. The molecule has 0 radical (unpaired) electrons. The van der Waals surface area contributed by atoms with Gasteiger partial charge in [-0.05, 0) is 66.3 Å². The van der Waals surface area contributed by atoms with Gasteiger partial charge < -0.3 is 30.0 Å². The fourth-order valence-corrected chi connectivity index (χ4v) is 8.81. The van der Waals surface area contributed by atoms with Crippen LogP contribution in [0.1, 0.15) is 103 Å². The maximum Gasteiger partial charge on any atom is 0.404 e. The molecule has 6 rings (SSSR count). The summed E-state index contributed by atoms with van der Waals surface area (Å²) in [6.07, 6.45) is 10.5. The summed E-state index contributed by atoms with van der Waals surface area (Å²) in [4.78, 5) is 46.5. The molecule has 2 aliphatic rings. The number of carbonyl (C=O) groups excluding carboxylic acids is 1. The maximum absolute atomic E-state index is 13.8. The Morgan fingerprint density at radius 3 is 1.82 bits per heavy atom. The lowest BCUT2D eigenvalue weighted by Gasteiger charge is -2.32. The Bertz CT molecular complexity index is 1810. The average molecular weight is 753 g/mol. The van der Waals surface area contributed by atoms with Crippen molar-refractivity contribution in [2.45, 2.75) is 103 Å². The highest BCUT2D eigenvalue weighted by atomic mass is 16.5. The fraction of sp³-hybridized carbons (Fsp3) is 0.535. The van der Waals surface area contributed by atoms with E-state index < -0.39 is 6.09 Å². The molecule has 55 heavy (non-hydrogen) atoms. The molecular weight excluding hydrogens is 693 g/mol. The monoisotopic (exact) mass is 752 g/mol. The molecule has 2 aromatic carbocycles. The Morgan fingerprint density at radius 2 is 1.29 bits per heavy atom. The number of methoxy groups -OCH3 is 1. The molecule has 0 bridgehead atoms. The largest absolute Gasteiger partial charge is 0.465 e. The second-order valence-corrected chi connectivity index (χ2v) is 15.2. The van der Waals surface area contributed by atoms with Crippen molar-refractivity contribution >= 4 is 12.0 Å². The summed E-state index contributed by atoms with van der Waals surface area (Å²) >= 11 is 0. The zero-order valence-electron chi connectivity index (χ0n) is 33.2. The van der Waals surface area contributed by atoms with Crippen LogP contribution >= 0.6 is 0 Å². The van der Waals surface area contributed by atoms with Gasteiger partial charge in [0.2, 0.25) is 5.91 Å². The quantitative estimate of drug-likeness (QED) is 0.0642. The summed E-state index contributed by atoms with van der Waals surface area (Å²) in [6.45, 7) is 11.2. The summed E-state index contributed by atoms with van der Waals surface area (Å²) in [6, 6.07) is 16.7. The first-order chi connectivity index (χ1) is 26.8. The molecule has 2 amide bonds. The SMILES string of the molecule is CCC(CC)[C@H](NCOC)C(=O)N1CCC[C@H]1c1ncc(-c2ccc(-c3ccc(-c4cnc([C@@H]5CCCN5C[C@@H](NC(=O)O)C(CC)CC)[nH]4)cc3)cc2)[nH]1. The molecule has 2 saturated heterocycles. The van der Waals surface area contributed by atoms with Crippen LogP contribution in [0.5, 0.6) is 0 Å². The Kier molecular flexibility index (Phi) is 13.8. The zero-order chi connectivity index (χ0) is 38.9. The van der Waals surface area contributed by atoms with Crippen LogP contribution in [0.3, 0.4) is 0 Å². The predicted molar refractivity (Wildman–Crippen MR) is 216 cm³/mol. The van der Waals surface area contributed by atoms with Crippen molar-refractivity contribution in [3.8, 4) is 33.6 Å². The summed E-state index contributed by atoms with van der Waals surface area (Å²) < 4.78 is 5.28. The van der Waals surface area contributed by atoms with E-state index in [0.717, 1.165) is 110 Å². The standard InChI is InChI=1S/C43H60N8O4/c1-6-28(7-2)36(49-43(53)54)26-50-22-10-12-37(50)40-44-24-34(47-40)32-18-14-30(15-19-32)31-16-20-33(21-17-31)35-25-45-41(48-35)38-13-11-23-51(38)42(52)39(46-27-55-5)29(8-3)9-4/h14-21,24-25,28-29,36-39,46,49H,6-13,22-23,26-27H2,1-5H3,(H,44,47)(H,45,48)(H,53,54)/t36-,37+,38+,39+/m1/s1. The van der Waals surface area contributed by atoms with Crippen LogP contribution in [0.2, 0.25) is 0 Å². The highest BCUT2D eigenvalue weighted by molar-refractivity contribution is 5.83. The van der Waals surface area contributed by atoms with Crippen LogP contribution in [-0.2, 0) is 9.53 Å². The molecule has 0 saturated carbocycles. The summed E-state index contributed by atoms with van der Waals surface area (Å²) in [5.41, 5.74) is 6.25. The van der Waals surface area contributed by atoms with Crippen molar-refractivity contribution in [3.63, 3.8) is 0 Å². The van der Waals surface area contributed by atoms with Crippen molar-refractivity contribution in [3.05, 3.63) is 72.6 Å². The van der Waals surface area contributed by atoms with Gasteiger partial charge in [0.25, 0.3) is 0 Å². The van der Waals surface area contributed by atoms with E-state index in [0.29, 0.717) is 19.2 Å². The number of carboxylic acid groups (broad SMARTS) is 1. The van der Waals surface area contributed by atoms with Gasteiger partial charge in [0.15, 0.2) is 0 Å². The van der Waals surface area contributed by atoms with Gasteiger partial charge in [0.1, 0.15) is 11.6 Å². The van der Waals surface area contributed by atoms with Gasteiger partial charge in [-0.15, -0.1) is 0 Å². The van der Waals surface area contributed by atoms with Crippen LogP contribution in [0.15, 0.2) is 60.9 Å². The Labute approximate surface area is 325 Å². The van der Waals surface area contributed by atoms with E-state index in [-0.39, 0.29) is 36.0 Å². The summed E-state index contributed by atoms with van der Waals surface area (Å²) in [5, 5.41) is 15.6. The lowest BCUT2D eigenvalue weighted by atomic mass is 9.93. The first-order valence-corrected chi connectivity index (χ1v) is 20.4. The number of ether oxygens (including phenoxy) is 1. The molecular formula is C43H60N8O4. The first-order valence-electron chi connectivity index (χ1n) is 20.4. The highest BCUT2D eigenvalue weighted by Crippen LogP contribution is 2.35. The van der Waals surface area contributed by atoms with Crippen molar-refractivity contribution in [2.75, 3.05) is 33.5 Å². The summed E-state index contributed by atoms with van der Waals surface area (Å²) in [5.74, 6) is 2.44. The van der Waals surface area contributed by atoms with Crippen LogP contribution in [0.25, 0.3) is 33.6 Å². The van der Waals surface area contributed by atoms with Gasteiger partial charge in [0.05, 0.1) is 48.6 Å². The minimum absolute atomic E-state index is 0.0730. The maximum atomic E-state index is 13.8. The number of likely N-dealkylation sites (tertiary alicyclic amines) is 2. The van der Waals surface area contributed by atoms with E-state index >= 15 is 0 Å². The Morgan fingerprint density at radius 1 is 0.782 bits per heavy atom. The molecule has 4 heterocycles. The molecule has 5 N–H and O–H groups in total. The number of amides is 2. The minimum atomic E-state index is -0.960. The number of carbonyl (C=O) groups is 2. The summed E-state index contributed by atoms with van der Waals surface area (Å²) in [7, 11) is 1.65. The number of rotatable bonds is 18. The van der Waals surface area contributed by atoms with Gasteiger partial charge in [0, 0.05) is 26.2 Å². The van der Waals surface area contributed by atoms with Gasteiger partial charge in [-0.25, -0.2) is 14.8 Å². The topological polar surface area (TPSA) is 152 Å². The van der Waals surface area contributed by atoms with Crippen LogP contribution in [0, 0.1) is 11.8 Å². The second-order valence-electron chi connectivity index (χ2n) is 15.2. The number of imidazole rings is 2. The van der Waals surface area contributed by atoms with Crippen LogP contribution in [-0.4, -0.2) is 92.4 Å². The van der Waals surface area contributed by atoms with Crippen LogP contribution in [0.4, 0.5) is 4.79 Å². The van der Waals surface area contributed by atoms with Gasteiger partial charge in [-0.1, -0.05) is 102 Å². The van der Waals surface area contributed by atoms with E-state index in [9.17, 15) is 14.7 Å². The minimum Gasteiger partial charge on any atom is -0.465 e. The van der Waals surface area contributed by atoms with E-state index in [1.165, 1.54) is 0 Å². The van der Waals surface area contributed by atoms with Crippen molar-refractivity contribution in [2.24, 2.45) is 11.8 Å². The van der Waals surface area contributed by atoms with Crippen molar-refractivity contribution in [1.82, 2.24) is 40.4 Å². The van der Waals surface area contributed by atoms with E-state index in [1.807, 2.05) is 17.3 Å². The van der Waals surface area contributed by atoms with Crippen molar-refractivity contribution < 1.29 is 19.4 Å². The second kappa shape index (κ2) is 18.9. The van der Waals surface area contributed by atoms with Gasteiger partial charge >= 0.3 is 6.09 Å².